The number of aryl methyl sites for hydroxylation is 1. The van der Waals surface area contributed by atoms with E-state index in [2.05, 4.69) is 31.1 Å². The van der Waals surface area contributed by atoms with Crippen LogP contribution < -0.4 is 5.56 Å². The average Bonchev–Trinajstić information content (AvgIpc) is 2.43. The number of aromatic amines is 1. The standard InChI is InChI=1S/C11H9BrN2O.C2H3NO/c1-7-2-3-8(6-9(7)12)10-4-5-11(15)14-13-10;1-3-2-4/h2-6H,1H3,(H,14,15);1H3. The van der Waals surface area contributed by atoms with E-state index in [0.29, 0.717) is 0 Å². The first kappa shape index (κ1) is 15.0. The van der Waals surface area contributed by atoms with E-state index >= 15 is 0 Å². The molecular weight excluding hydrogens is 310 g/mol. The van der Waals surface area contributed by atoms with Crippen molar-refractivity contribution in [1.29, 1.82) is 0 Å². The van der Waals surface area contributed by atoms with Gasteiger partial charge in [-0.1, -0.05) is 28.1 Å². The summed E-state index contributed by atoms with van der Waals surface area (Å²) in [5, 5.41) is 6.37. The summed E-state index contributed by atoms with van der Waals surface area (Å²) in [6, 6.07) is 9.13. The van der Waals surface area contributed by atoms with Crippen molar-refractivity contribution < 1.29 is 4.79 Å². The molecular formula is C13H12BrN3O2. The molecule has 0 fully saturated rings. The number of nitrogens with zero attached hydrogens (tertiary/aromatic N) is 2. The number of H-pyrrole nitrogens is 1. The van der Waals surface area contributed by atoms with Gasteiger partial charge in [0, 0.05) is 23.2 Å². The van der Waals surface area contributed by atoms with Gasteiger partial charge in [-0.25, -0.2) is 14.9 Å². The molecule has 1 heterocycles. The first-order valence-corrected chi connectivity index (χ1v) is 6.16. The van der Waals surface area contributed by atoms with Crippen LogP contribution >= 0.6 is 15.9 Å². The Kier molecular flexibility index (Phi) is 5.85. The normalized spacial score (nSPS) is 9.00. The van der Waals surface area contributed by atoms with Crippen LogP contribution in [0.15, 0.2) is 44.6 Å². The summed E-state index contributed by atoms with van der Waals surface area (Å²) in [7, 11) is 1.38. The first-order chi connectivity index (χ1) is 9.08. The molecule has 98 valence electrons. The zero-order valence-corrected chi connectivity index (χ0v) is 12.1. The van der Waals surface area contributed by atoms with Gasteiger partial charge < -0.3 is 0 Å². The smallest absolute Gasteiger partial charge is 0.264 e. The van der Waals surface area contributed by atoms with Crippen molar-refractivity contribution in [2.45, 2.75) is 6.92 Å². The highest BCUT2D eigenvalue weighted by Gasteiger charge is 2.01. The second kappa shape index (κ2) is 7.41. The Hall–Kier alpha value is -2.04. The van der Waals surface area contributed by atoms with E-state index in [1.807, 2.05) is 25.1 Å². The van der Waals surface area contributed by atoms with E-state index in [-0.39, 0.29) is 5.56 Å². The molecule has 1 aromatic carbocycles. The summed E-state index contributed by atoms with van der Waals surface area (Å²) < 4.78 is 1.04. The molecule has 0 saturated heterocycles. The van der Waals surface area contributed by atoms with Gasteiger partial charge in [-0.3, -0.25) is 4.79 Å². The molecule has 0 aliphatic carbocycles. The van der Waals surface area contributed by atoms with Gasteiger partial charge in [0.2, 0.25) is 6.08 Å². The predicted molar refractivity (Wildman–Crippen MR) is 76.8 cm³/mol. The molecule has 2 aromatic rings. The Morgan fingerprint density at radius 1 is 1.32 bits per heavy atom. The molecule has 0 radical (unpaired) electrons. The minimum Gasteiger partial charge on any atom is -0.268 e. The molecule has 0 atom stereocenters. The number of hydrogen-bond acceptors (Lipinski definition) is 4. The summed E-state index contributed by atoms with van der Waals surface area (Å²) in [5.41, 5.74) is 2.71. The van der Waals surface area contributed by atoms with Crippen LogP contribution in [-0.4, -0.2) is 23.3 Å². The van der Waals surface area contributed by atoms with Crippen molar-refractivity contribution in [3.63, 3.8) is 0 Å². The van der Waals surface area contributed by atoms with E-state index in [1.165, 1.54) is 24.8 Å². The Bertz CT molecular complexity index is 641. The van der Waals surface area contributed by atoms with Gasteiger partial charge in [-0.15, -0.1) is 0 Å². The molecule has 0 saturated carbocycles. The summed E-state index contributed by atoms with van der Waals surface area (Å²) >= 11 is 3.46. The van der Waals surface area contributed by atoms with Gasteiger partial charge in [0.05, 0.1) is 5.69 Å². The summed E-state index contributed by atoms with van der Waals surface area (Å²) in [6.45, 7) is 2.02. The number of aliphatic imine (C=N–C) groups is 1. The van der Waals surface area contributed by atoms with Crippen molar-refractivity contribution in [2.75, 3.05) is 7.05 Å². The molecule has 0 unspecified atom stereocenters. The van der Waals surface area contributed by atoms with Crippen molar-refractivity contribution in [1.82, 2.24) is 10.2 Å². The van der Waals surface area contributed by atoms with Gasteiger partial charge in [0.25, 0.3) is 5.56 Å². The molecule has 1 aromatic heterocycles. The largest absolute Gasteiger partial charge is 0.268 e. The molecule has 0 aliphatic heterocycles. The van der Waals surface area contributed by atoms with Gasteiger partial charge >= 0.3 is 0 Å². The van der Waals surface area contributed by atoms with Crippen LogP contribution in [-0.2, 0) is 4.79 Å². The summed E-state index contributed by atoms with van der Waals surface area (Å²) in [5.74, 6) is 0. The lowest BCUT2D eigenvalue weighted by molar-refractivity contribution is 0.564. The third kappa shape index (κ3) is 4.62. The molecule has 0 amide bonds. The highest BCUT2D eigenvalue weighted by atomic mass is 79.9. The maximum Gasteiger partial charge on any atom is 0.264 e. The van der Waals surface area contributed by atoms with Crippen LogP contribution in [0, 0.1) is 6.92 Å². The van der Waals surface area contributed by atoms with Crippen molar-refractivity contribution >= 4 is 22.0 Å². The topological polar surface area (TPSA) is 75.2 Å². The number of hydrogen-bond donors (Lipinski definition) is 1. The van der Waals surface area contributed by atoms with E-state index in [1.54, 1.807) is 6.07 Å². The molecule has 0 aliphatic rings. The Morgan fingerprint density at radius 3 is 2.47 bits per heavy atom. The predicted octanol–water partition coefficient (Wildman–Crippen LogP) is 2.46. The quantitative estimate of drug-likeness (QED) is 0.647. The van der Waals surface area contributed by atoms with Gasteiger partial charge in [-0.05, 0) is 24.6 Å². The van der Waals surface area contributed by atoms with Crippen LogP contribution in [0.3, 0.4) is 0 Å². The highest BCUT2D eigenvalue weighted by molar-refractivity contribution is 9.10. The van der Waals surface area contributed by atoms with E-state index in [9.17, 15) is 4.79 Å². The number of benzene rings is 1. The molecule has 0 bridgehead atoms. The third-order valence-electron chi connectivity index (χ3n) is 2.24. The van der Waals surface area contributed by atoms with E-state index in [4.69, 9.17) is 4.79 Å². The fourth-order valence-corrected chi connectivity index (χ4v) is 1.64. The van der Waals surface area contributed by atoms with Crippen LogP contribution in [0.4, 0.5) is 0 Å². The zero-order valence-electron chi connectivity index (χ0n) is 10.5. The Morgan fingerprint density at radius 2 is 2.00 bits per heavy atom. The molecule has 5 nitrogen and oxygen atoms in total. The number of isocyanates is 1. The monoisotopic (exact) mass is 321 g/mol. The van der Waals surface area contributed by atoms with Crippen LogP contribution in [0.25, 0.3) is 11.3 Å². The SMILES string of the molecule is CN=C=O.Cc1ccc(-c2ccc(=O)[nH]n2)cc1Br. The lowest BCUT2D eigenvalue weighted by Crippen LogP contribution is -2.05. The van der Waals surface area contributed by atoms with E-state index < -0.39 is 0 Å². The number of nitrogens with one attached hydrogen (secondary N) is 1. The lowest BCUT2D eigenvalue weighted by atomic mass is 10.1. The minimum atomic E-state index is -0.190. The Balaban J connectivity index is 0.000000399. The average molecular weight is 322 g/mol. The minimum absolute atomic E-state index is 0.190. The van der Waals surface area contributed by atoms with Crippen LogP contribution in [0.2, 0.25) is 0 Å². The fourth-order valence-electron chi connectivity index (χ4n) is 1.26. The second-order valence-electron chi connectivity index (χ2n) is 3.59. The summed E-state index contributed by atoms with van der Waals surface area (Å²) in [4.78, 5) is 22.7. The first-order valence-electron chi connectivity index (χ1n) is 5.36. The fraction of sp³-hybridized carbons (Fsp3) is 0.154. The maximum atomic E-state index is 10.8. The maximum absolute atomic E-state index is 10.8. The number of carbonyl (C=O) groups excluding carboxylic acids is 1. The van der Waals surface area contributed by atoms with Gasteiger partial charge in [0.15, 0.2) is 0 Å². The molecule has 2 rings (SSSR count). The highest BCUT2D eigenvalue weighted by Crippen LogP contribution is 2.23. The van der Waals surface area contributed by atoms with Crippen LogP contribution in [0.5, 0.6) is 0 Å². The van der Waals surface area contributed by atoms with Gasteiger partial charge in [0.1, 0.15) is 0 Å². The third-order valence-corrected chi connectivity index (χ3v) is 3.09. The zero-order chi connectivity index (χ0) is 14.3. The second-order valence-corrected chi connectivity index (χ2v) is 4.44. The Labute approximate surface area is 118 Å². The van der Waals surface area contributed by atoms with Crippen LogP contribution in [0.1, 0.15) is 5.56 Å². The van der Waals surface area contributed by atoms with Crippen molar-refractivity contribution in [2.24, 2.45) is 4.99 Å². The number of halogens is 1. The lowest BCUT2D eigenvalue weighted by Gasteiger charge is -2.02. The molecule has 1 N–H and O–H groups in total. The summed E-state index contributed by atoms with van der Waals surface area (Å²) in [6.07, 6.45) is 1.31. The van der Waals surface area contributed by atoms with Crippen molar-refractivity contribution in [3.05, 3.63) is 50.7 Å². The molecule has 0 spiro atoms. The van der Waals surface area contributed by atoms with Gasteiger partial charge in [-0.2, -0.15) is 5.10 Å². The van der Waals surface area contributed by atoms with Crippen molar-refractivity contribution in [3.8, 4) is 11.3 Å². The van der Waals surface area contributed by atoms with E-state index in [0.717, 1.165) is 15.7 Å². The molecule has 6 heteroatoms. The number of rotatable bonds is 1. The number of aromatic nitrogens is 2. The molecule has 19 heavy (non-hydrogen) atoms.